The third-order valence-corrected chi connectivity index (χ3v) is 3.52. The Morgan fingerprint density at radius 1 is 1.38 bits per heavy atom. The number of hydrogen-bond acceptors (Lipinski definition) is 2. The fraction of sp³-hybridized carbons (Fsp3) is 0.538. The number of hydrogen-bond donors (Lipinski definition) is 1. The summed E-state index contributed by atoms with van der Waals surface area (Å²) < 4.78 is 6.51. The van der Waals surface area contributed by atoms with Crippen molar-refractivity contribution in [3.05, 3.63) is 33.8 Å². The van der Waals surface area contributed by atoms with Gasteiger partial charge in [0.15, 0.2) is 0 Å². The Balaban J connectivity index is 2.46. The quantitative estimate of drug-likeness (QED) is 0.897. The van der Waals surface area contributed by atoms with Crippen LogP contribution in [0.2, 0.25) is 0 Å². The summed E-state index contributed by atoms with van der Waals surface area (Å²) in [7, 11) is 1.74. The molecule has 0 unspecified atom stereocenters. The van der Waals surface area contributed by atoms with Crippen molar-refractivity contribution in [2.24, 2.45) is 0 Å². The molecule has 0 spiro atoms. The second kappa shape index (κ2) is 5.80. The van der Waals surface area contributed by atoms with Gasteiger partial charge in [-0.2, -0.15) is 0 Å². The van der Waals surface area contributed by atoms with Gasteiger partial charge in [-0.15, -0.1) is 0 Å². The highest BCUT2D eigenvalue weighted by Crippen LogP contribution is 2.17. The highest BCUT2D eigenvalue weighted by atomic mass is 79.9. The van der Waals surface area contributed by atoms with Crippen LogP contribution in [0, 0.1) is 6.92 Å². The lowest BCUT2D eigenvalue weighted by atomic mass is 10.1. The van der Waals surface area contributed by atoms with Crippen molar-refractivity contribution in [2.75, 3.05) is 13.7 Å². The van der Waals surface area contributed by atoms with Gasteiger partial charge in [-0.25, -0.2) is 0 Å². The fourth-order valence-electron chi connectivity index (χ4n) is 1.33. The van der Waals surface area contributed by atoms with Gasteiger partial charge in [0.25, 0.3) is 0 Å². The molecule has 0 saturated carbocycles. The van der Waals surface area contributed by atoms with E-state index < -0.39 is 0 Å². The second-order valence-corrected chi connectivity index (χ2v) is 5.51. The topological polar surface area (TPSA) is 21.3 Å². The van der Waals surface area contributed by atoms with Gasteiger partial charge in [0.05, 0.1) is 5.60 Å². The lowest BCUT2D eigenvalue weighted by Gasteiger charge is -2.23. The lowest BCUT2D eigenvalue weighted by Crippen LogP contribution is -2.36. The Morgan fingerprint density at radius 3 is 2.62 bits per heavy atom. The maximum atomic E-state index is 5.35. The molecule has 0 atom stereocenters. The Morgan fingerprint density at radius 2 is 2.06 bits per heavy atom. The molecule has 0 aliphatic heterocycles. The van der Waals surface area contributed by atoms with Gasteiger partial charge in [0, 0.05) is 24.7 Å². The zero-order chi connectivity index (χ0) is 12.2. The number of ether oxygens (including phenoxy) is 1. The summed E-state index contributed by atoms with van der Waals surface area (Å²) in [5.74, 6) is 0. The molecule has 1 aromatic carbocycles. The van der Waals surface area contributed by atoms with E-state index in [1.165, 1.54) is 11.1 Å². The maximum Gasteiger partial charge on any atom is 0.0746 e. The van der Waals surface area contributed by atoms with Crippen molar-refractivity contribution >= 4 is 15.9 Å². The highest BCUT2D eigenvalue weighted by molar-refractivity contribution is 9.10. The van der Waals surface area contributed by atoms with E-state index in [1.54, 1.807) is 7.11 Å². The van der Waals surface area contributed by atoms with E-state index in [0.717, 1.165) is 17.6 Å². The standard InChI is InChI=1S/C13H20BrNO/c1-10-5-6-11(7-12(10)14)8-15-9-13(2,3)16-4/h5-7,15H,8-9H2,1-4H3. The molecule has 16 heavy (non-hydrogen) atoms. The lowest BCUT2D eigenvalue weighted by molar-refractivity contribution is 0.0230. The minimum Gasteiger partial charge on any atom is -0.377 e. The largest absolute Gasteiger partial charge is 0.377 e. The van der Waals surface area contributed by atoms with Crippen molar-refractivity contribution in [3.8, 4) is 0 Å². The van der Waals surface area contributed by atoms with Crippen LogP contribution < -0.4 is 5.32 Å². The average molecular weight is 286 g/mol. The summed E-state index contributed by atoms with van der Waals surface area (Å²) in [6, 6.07) is 6.43. The Bertz CT molecular complexity index is 350. The van der Waals surface area contributed by atoms with Gasteiger partial charge in [0.2, 0.25) is 0 Å². The minimum atomic E-state index is -0.109. The SMILES string of the molecule is COC(C)(C)CNCc1ccc(C)c(Br)c1. The molecule has 3 heteroatoms. The van der Waals surface area contributed by atoms with E-state index in [-0.39, 0.29) is 5.60 Å². The molecule has 0 heterocycles. The number of benzene rings is 1. The van der Waals surface area contributed by atoms with E-state index in [2.05, 4.69) is 60.2 Å². The number of rotatable bonds is 5. The normalized spacial score (nSPS) is 11.8. The first kappa shape index (κ1) is 13.7. The first-order valence-electron chi connectivity index (χ1n) is 5.45. The molecule has 0 saturated heterocycles. The van der Waals surface area contributed by atoms with Crippen molar-refractivity contribution in [3.63, 3.8) is 0 Å². The molecule has 1 N–H and O–H groups in total. The molecule has 0 aliphatic rings. The fourth-order valence-corrected chi connectivity index (χ4v) is 1.75. The number of methoxy groups -OCH3 is 1. The maximum absolute atomic E-state index is 5.35. The minimum absolute atomic E-state index is 0.109. The summed E-state index contributed by atoms with van der Waals surface area (Å²) in [5.41, 5.74) is 2.44. The van der Waals surface area contributed by atoms with Gasteiger partial charge in [-0.1, -0.05) is 28.1 Å². The zero-order valence-corrected chi connectivity index (χ0v) is 12.0. The van der Waals surface area contributed by atoms with Crippen LogP contribution >= 0.6 is 15.9 Å². The van der Waals surface area contributed by atoms with Gasteiger partial charge < -0.3 is 10.1 Å². The highest BCUT2D eigenvalue weighted by Gasteiger charge is 2.14. The molecule has 0 amide bonds. The summed E-state index contributed by atoms with van der Waals surface area (Å²) in [6.45, 7) is 7.95. The van der Waals surface area contributed by atoms with Crippen molar-refractivity contribution in [2.45, 2.75) is 32.9 Å². The van der Waals surface area contributed by atoms with Crippen LogP contribution in [0.3, 0.4) is 0 Å². The first-order valence-corrected chi connectivity index (χ1v) is 6.25. The van der Waals surface area contributed by atoms with Crippen LogP contribution in [0.15, 0.2) is 22.7 Å². The second-order valence-electron chi connectivity index (χ2n) is 4.65. The van der Waals surface area contributed by atoms with Crippen LogP contribution in [0.1, 0.15) is 25.0 Å². The number of halogens is 1. The van der Waals surface area contributed by atoms with Crippen LogP contribution in [-0.2, 0) is 11.3 Å². The molecule has 0 aromatic heterocycles. The third-order valence-electron chi connectivity index (χ3n) is 2.67. The summed E-state index contributed by atoms with van der Waals surface area (Å²) >= 11 is 3.54. The first-order chi connectivity index (χ1) is 7.44. The van der Waals surface area contributed by atoms with E-state index >= 15 is 0 Å². The molecule has 1 aromatic rings. The van der Waals surface area contributed by atoms with Crippen molar-refractivity contribution < 1.29 is 4.74 Å². The van der Waals surface area contributed by atoms with Gasteiger partial charge in [-0.05, 0) is 38.0 Å². The molecule has 2 nitrogen and oxygen atoms in total. The molecular formula is C13H20BrNO. The van der Waals surface area contributed by atoms with Crippen molar-refractivity contribution in [1.82, 2.24) is 5.32 Å². The molecule has 0 bridgehead atoms. The van der Waals surface area contributed by atoms with E-state index in [4.69, 9.17) is 4.74 Å². The van der Waals surface area contributed by atoms with Crippen LogP contribution in [0.4, 0.5) is 0 Å². The van der Waals surface area contributed by atoms with Gasteiger partial charge >= 0.3 is 0 Å². The van der Waals surface area contributed by atoms with Crippen LogP contribution in [0.5, 0.6) is 0 Å². The van der Waals surface area contributed by atoms with E-state index in [9.17, 15) is 0 Å². The van der Waals surface area contributed by atoms with E-state index in [1.807, 2.05) is 0 Å². The number of nitrogens with one attached hydrogen (secondary N) is 1. The molecule has 0 fully saturated rings. The summed E-state index contributed by atoms with van der Waals surface area (Å²) in [6.07, 6.45) is 0. The molecule has 1 rings (SSSR count). The Labute approximate surface area is 107 Å². The molecule has 0 aliphatic carbocycles. The van der Waals surface area contributed by atoms with Crippen LogP contribution in [-0.4, -0.2) is 19.3 Å². The predicted molar refractivity (Wildman–Crippen MR) is 71.7 cm³/mol. The summed E-state index contributed by atoms with van der Waals surface area (Å²) in [4.78, 5) is 0. The molecular weight excluding hydrogens is 266 g/mol. The monoisotopic (exact) mass is 285 g/mol. The van der Waals surface area contributed by atoms with Gasteiger partial charge in [0.1, 0.15) is 0 Å². The average Bonchev–Trinajstić information content (AvgIpc) is 2.23. The number of aryl methyl sites for hydroxylation is 1. The summed E-state index contributed by atoms with van der Waals surface area (Å²) in [5, 5.41) is 3.39. The van der Waals surface area contributed by atoms with Gasteiger partial charge in [-0.3, -0.25) is 0 Å². The van der Waals surface area contributed by atoms with Crippen LogP contribution in [0.25, 0.3) is 0 Å². The van der Waals surface area contributed by atoms with Crippen molar-refractivity contribution in [1.29, 1.82) is 0 Å². The molecule has 90 valence electrons. The third kappa shape index (κ3) is 4.24. The Kier molecular flexibility index (Phi) is 4.96. The van der Waals surface area contributed by atoms with E-state index in [0.29, 0.717) is 0 Å². The smallest absolute Gasteiger partial charge is 0.0746 e. The predicted octanol–water partition coefficient (Wildman–Crippen LogP) is 3.27. The Hall–Kier alpha value is -0.380. The molecule has 0 radical (unpaired) electrons. The zero-order valence-electron chi connectivity index (χ0n) is 10.4.